The van der Waals surface area contributed by atoms with Crippen molar-refractivity contribution < 1.29 is 19.4 Å². The van der Waals surface area contributed by atoms with Crippen molar-refractivity contribution >= 4 is 11.9 Å². The minimum atomic E-state index is -1.44. The van der Waals surface area contributed by atoms with Crippen molar-refractivity contribution in [3.63, 3.8) is 0 Å². The van der Waals surface area contributed by atoms with Crippen LogP contribution in [0.4, 0.5) is 0 Å². The minimum Gasteiger partial charge on any atom is -0.478 e. The van der Waals surface area contributed by atoms with E-state index in [1.165, 1.54) is 0 Å². The second-order valence-corrected chi connectivity index (χ2v) is 8.63. The first-order valence-electron chi connectivity index (χ1n) is 11.9. The number of hydrogen-bond acceptors (Lipinski definition) is 4. The molecule has 0 aliphatic heterocycles. The number of ether oxygens (including phenoxy) is 1. The third-order valence-electron chi connectivity index (χ3n) is 6.26. The van der Waals surface area contributed by atoms with Gasteiger partial charge in [-0.3, -0.25) is 4.90 Å². The molecule has 0 bridgehead atoms. The number of hydrogen-bond donors (Lipinski definition) is 1. The average molecular weight is 480 g/mol. The van der Waals surface area contributed by atoms with Crippen LogP contribution < -0.4 is 0 Å². The van der Waals surface area contributed by atoms with Crippen molar-refractivity contribution in [1.29, 1.82) is 0 Å². The summed E-state index contributed by atoms with van der Waals surface area (Å²) in [6.07, 6.45) is -1.44. The van der Waals surface area contributed by atoms with Gasteiger partial charge in [0.1, 0.15) is 0 Å². The van der Waals surface area contributed by atoms with E-state index in [1.807, 2.05) is 97.9 Å². The van der Waals surface area contributed by atoms with Crippen LogP contribution in [0.1, 0.15) is 46.1 Å². The summed E-state index contributed by atoms with van der Waals surface area (Å²) < 4.78 is 5.74. The van der Waals surface area contributed by atoms with Gasteiger partial charge in [-0.25, -0.2) is 9.59 Å². The summed E-state index contributed by atoms with van der Waals surface area (Å²) in [5, 5.41) is 10.4. The molecule has 4 aromatic rings. The molecule has 36 heavy (non-hydrogen) atoms. The molecule has 0 fully saturated rings. The van der Waals surface area contributed by atoms with E-state index in [9.17, 15) is 14.7 Å². The molecule has 0 spiro atoms. The molecule has 5 nitrogen and oxygen atoms in total. The molecule has 1 N–H and O–H groups in total. The monoisotopic (exact) mass is 479 g/mol. The number of rotatable bonds is 10. The van der Waals surface area contributed by atoms with Crippen LogP contribution in [0, 0.1) is 0 Å². The van der Waals surface area contributed by atoms with E-state index < -0.39 is 24.1 Å². The van der Waals surface area contributed by atoms with Crippen molar-refractivity contribution in [2.75, 3.05) is 0 Å². The number of benzene rings is 4. The average Bonchev–Trinajstić information content (AvgIpc) is 2.93. The number of nitrogens with zero attached hydrogens (tertiary/aromatic N) is 1. The number of aliphatic carboxylic acids is 1. The Morgan fingerprint density at radius 2 is 1.19 bits per heavy atom. The fourth-order valence-corrected chi connectivity index (χ4v) is 4.39. The zero-order valence-electron chi connectivity index (χ0n) is 20.1. The Hall–Kier alpha value is -4.22. The first kappa shape index (κ1) is 24.9. The van der Waals surface area contributed by atoms with E-state index in [2.05, 4.69) is 4.90 Å². The lowest BCUT2D eigenvalue weighted by atomic mass is 9.94. The zero-order chi connectivity index (χ0) is 25.3. The number of carboxylic acids is 1. The van der Waals surface area contributed by atoms with Crippen LogP contribution in [0.5, 0.6) is 0 Å². The Labute approximate surface area is 211 Å². The maximum atomic E-state index is 13.0. The number of esters is 1. The highest BCUT2D eigenvalue weighted by molar-refractivity contribution is 5.91. The van der Waals surface area contributed by atoms with Crippen molar-refractivity contribution in [3.05, 3.63) is 144 Å². The van der Waals surface area contributed by atoms with Crippen molar-refractivity contribution in [1.82, 2.24) is 4.90 Å². The first-order valence-corrected chi connectivity index (χ1v) is 11.9. The van der Waals surface area contributed by atoms with Gasteiger partial charge < -0.3 is 9.84 Å². The predicted octanol–water partition coefficient (Wildman–Crippen LogP) is 6.30. The molecule has 0 heterocycles. The van der Waals surface area contributed by atoms with Crippen LogP contribution in [0.2, 0.25) is 0 Å². The third-order valence-corrected chi connectivity index (χ3v) is 6.26. The minimum absolute atomic E-state index is 0.172. The van der Waals surface area contributed by atoms with Gasteiger partial charge in [-0.1, -0.05) is 109 Å². The molecule has 1 unspecified atom stereocenters. The smallest absolute Gasteiger partial charge is 0.347 e. The number of carbonyl (C=O) groups is 2. The molecule has 0 amide bonds. The maximum Gasteiger partial charge on any atom is 0.347 e. The van der Waals surface area contributed by atoms with E-state index in [0.717, 1.165) is 16.7 Å². The lowest BCUT2D eigenvalue weighted by molar-refractivity contribution is -0.152. The van der Waals surface area contributed by atoms with Crippen LogP contribution in [0.25, 0.3) is 0 Å². The molecule has 4 rings (SSSR count). The molecule has 0 radical (unpaired) electrons. The molecule has 0 saturated heterocycles. The number of carbonyl (C=O) groups excluding carboxylic acids is 1. The molecule has 5 heteroatoms. The van der Waals surface area contributed by atoms with E-state index in [4.69, 9.17) is 4.74 Å². The Balaban J connectivity index is 1.80. The predicted molar refractivity (Wildman–Crippen MR) is 139 cm³/mol. The van der Waals surface area contributed by atoms with E-state index in [-0.39, 0.29) is 6.04 Å². The summed E-state index contributed by atoms with van der Waals surface area (Å²) in [4.78, 5) is 27.8. The largest absolute Gasteiger partial charge is 0.478 e. The topological polar surface area (TPSA) is 66.8 Å². The SMILES string of the molecule is CC(c1ccccc1)N(Cc1ccccc1)[C@@H](c1ccccc1)[C@H](OC(=O)c1ccccc1)C(=O)O. The van der Waals surface area contributed by atoms with Crippen LogP contribution >= 0.6 is 0 Å². The lowest BCUT2D eigenvalue weighted by Gasteiger charge is -2.39. The molecule has 3 atom stereocenters. The first-order chi connectivity index (χ1) is 17.5. The van der Waals surface area contributed by atoms with Crippen molar-refractivity contribution in [2.45, 2.75) is 31.7 Å². The van der Waals surface area contributed by atoms with Crippen molar-refractivity contribution in [2.24, 2.45) is 0 Å². The Kier molecular flexibility index (Phi) is 8.27. The highest BCUT2D eigenvalue weighted by Crippen LogP contribution is 2.36. The summed E-state index contributed by atoms with van der Waals surface area (Å²) >= 11 is 0. The highest BCUT2D eigenvalue weighted by atomic mass is 16.6. The van der Waals surface area contributed by atoms with Gasteiger partial charge in [0.25, 0.3) is 0 Å². The van der Waals surface area contributed by atoms with Crippen LogP contribution in [0.3, 0.4) is 0 Å². The van der Waals surface area contributed by atoms with Crippen LogP contribution in [-0.4, -0.2) is 28.0 Å². The second-order valence-electron chi connectivity index (χ2n) is 8.63. The van der Waals surface area contributed by atoms with Crippen molar-refractivity contribution in [3.8, 4) is 0 Å². The van der Waals surface area contributed by atoms with Gasteiger partial charge >= 0.3 is 11.9 Å². The molecular formula is C31H29NO4. The van der Waals surface area contributed by atoms with E-state index >= 15 is 0 Å². The number of carboxylic acid groups (broad SMARTS) is 1. The Morgan fingerprint density at radius 1 is 0.722 bits per heavy atom. The molecular weight excluding hydrogens is 450 g/mol. The normalized spacial score (nSPS) is 13.5. The lowest BCUT2D eigenvalue weighted by Crippen LogP contribution is -2.44. The zero-order valence-corrected chi connectivity index (χ0v) is 20.1. The van der Waals surface area contributed by atoms with Crippen LogP contribution in [-0.2, 0) is 16.1 Å². The van der Waals surface area contributed by atoms with Gasteiger partial charge in [0.2, 0.25) is 6.10 Å². The summed E-state index contributed by atoms with van der Waals surface area (Å²) in [5.74, 6) is -1.87. The molecule has 4 aromatic carbocycles. The van der Waals surface area contributed by atoms with Crippen LogP contribution in [0.15, 0.2) is 121 Å². The van der Waals surface area contributed by atoms with Gasteiger partial charge in [-0.05, 0) is 35.7 Å². The quantitative estimate of drug-likeness (QED) is 0.270. The summed E-state index contributed by atoms with van der Waals surface area (Å²) in [6.45, 7) is 2.51. The van der Waals surface area contributed by atoms with Gasteiger partial charge in [-0.15, -0.1) is 0 Å². The molecule has 0 aromatic heterocycles. The van der Waals surface area contributed by atoms with Gasteiger partial charge in [-0.2, -0.15) is 0 Å². The van der Waals surface area contributed by atoms with Gasteiger partial charge in [0.05, 0.1) is 11.6 Å². The van der Waals surface area contributed by atoms with E-state index in [0.29, 0.717) is 12.1 Å². The second kappa shape index (κ2) is 12.0. The highest BCUT2D eigenvalue weighted by Gasteiger charge is 2.39. The third kappa shape index (κ3) is 6.06. The molecule has 0 aliphatic carbocycles. The molecule has 0 saturated carbocycles. The molecule has 0 aliphatic rings. The van der Waals surface area contributed by atoms with Gasteiger partial charge in [0.15, 0.2) is 0 Å². The fraction of sp³-hybridized carbons (Fsp3) is 0.161. The summed E-state index contributed by atoms with van der Waals surface area (Å²) in [5.41, 5.74) is 3.12. The maximum absolute atomic E-state index is 13.0. The molecule has 182 valence electrons. The summed E-state index contributed by atoms with van der Waals surface area (Å²) in [6, 6.07) is 36.8. The Bertz CT molecular complexity index is 1250. The van der Waals surface area contributed by atoms with Gasteiger partial charge in [0, 0.05) is 12.6 Å². The fourth-order valence-electron chi connectivity index (χ4n) is 4.39. The summed E-state index contributed by atoms with van der Waals surface area (Å²) in [7, 11) is 0. The standard InChI is InChI=1S/C31H29NO4/c1-23(25-16-8-3-9-17-25)32(22-24-14-6-2-7-15-24)28(26-18-10-4-11-19-26)29(30(33)34)36-31(35)27-20-12-5-13-21-27/h2-21,23,28-29H,22H2,1H3,(H,33,34)/t23?,28-,29-/m0/s1. The Morgan fingerprint density at radius 3 is 1.72 bits per heavy atom. The van der Waals surface area contributed by atoms with E-state index in [1.54, 1.807) is 30.3 Å².